The number of nitrogens with one attached hydrogen (secondary N) is 2. The molecule has 2 aromatic rings. The van der Waals surface area contributed by atoms with Crippen molar-refractivity contribution in [3.05, 3.63) is 64.2 Å². The number of halogens is 1. The van der Waals surface area contributed by atoms with Crippen LogP contribution in [0.4, 0.5) is 5.69 Å². The third-order valence-electron chi connectivity index (χ3n) is 3.85. The molecule has 0 aliphatic rings. The van der Waals surface area contributed by atoms with Crippen LogP contribution in [0.1, 0.15) is 34.3 Å². The first kappa shape index (κ1) is 19.7. The van der Waals surface area contributed by atoms with Crippen molar-refractivity contribution in [2.45, 2.75) is 26.7 Å². The van der Waals surface area contributed by atoms with Gasteiger partial charge in [-0.1, -0.05) is 29.3 Å². The van der Waals surface area contributed by atoms with Crippen LogP contribution < -0.4 is 10.6 Å². The van der Waals surface area contributed by atoms with Crippen molar-refractivity contribution in [2.75, 3.05) is 11.9 Å². The van der Waals surface area contributed by atoms with E-state index in [4.69, 9.17) is 11.6 Å². The fourth-order valence-corrected chi connectivity index (χ4v) is 2.53. The van der Waals surface area contributed by atoms with Crippen LogP contribution in [0.5, 0.6) is 0 Å². The summed E-state index contributed by atoms with van der Waals surface area (Å²) in [6.07, 6.45) is 0.148. The topological polar surface area (TPSA) is 75.3 Å². The summed E-state index contributed by atoms with van der Waals surface area (Å²) in [4.78, 5) is 35.9. The number of hydrogen-bond acceptors (Lipinski definition) is 3. The third kappa shape index (κ3) is 6.01. The molecule has 2 amide bonds. The van der Waals surface area contributed by atoms with Crippen molar-refractivity contribution < 1.29 is 14.4 Å². The van der Waals surface area contributed by atoms with Crippen molar-refractivity contribution in [3.8, 4) is 0 Å². The smallest absolute Gasteiger partial charge is 0.243 e. The van der Waals surface area contributed by atoms with Gasteiger partial charge in [-0.2, -0.15) is 0 Å². The molecule has 0 unspecified atom stereocenters. The zero-order valence-corrected chi connectivity index (χ0v) is 15.5. The predicted molar refractivity (Wildman–Crippen MR) is 103 cm³/mol. The lowest BCUT2D eigenvalue weighted by molar-refractivity contribution is -0.124. The number of amides is 2. The van der Waals surface area contributed by atoms with Gasteiger partial charge < -0.3 is 10.6 Å². The van der Waals surface area contributed by atoms with Crippen LogP contribution in [0.25, 0.3) is 0 Å². The van der Waals surface area contributed by atoms with Crippen LogP contribution in [0, 0.1) is 13.8 Å². The van der Waals surface area contributed by atoms with Crippen molar-refractivity contribution in [3.63, 3.8) is 0 Å². The molecule has 0 spiro atoms. The SMILES string of the molecule is Cc1ccc(C)c(C(=O)CCC(=O)NCC(=O)Nc2ccc(Cl)cc2)c1. The number of carbonyl (C=O) groups is 3. The zero-order chi connectivity index (χ0) is 19.1. The maximum atomic E-state index is 12.3. The van der Waals surface area contributed by atoms with Crippen molar-refractivity contribution in [2.24, 2.45) is 0 Å². The minimum atomic E-state index is -0.346. The summed E-state index contributed by atoms with van der Waals surface area (Å²) in [6.45, 7) is 3.63. The van der Waals surface area contributed by atoms with Gasteiger partial charge in [0.1, 0.15) is 0 Å². The van der Waals surface area contributed by atoms with E-state index in [9.17, 15) is 14.4 Å². The molecular weight excluding hydrogens is 352 g/mol. The number of rotatable bonds is 7. The van der Waals surface area contributed by atoms with Gasteiger partial charge in [0, 0.05) is 29.1 Å². The van der Waals surface area contributed by atoms with Crippen LogP contribution in [-0.4, -0.2) is 24.1 Å². The number of ketones is 1. The molecule has 2 aromatic carbocycles. The fourth-order valence-electron chi connectivity index (χ4n) is 2.40. The Hall–Kier alpha value is -2.66. The Labute approximate surface area is 157 Å². The molecule has 26 heavy (non-hydrogen) atoms. The maximum Gasteiger partial charge on any atom is 0.243 e. The second-order valence-corrected chi connectivity index (χ2v) is 6.51. The lowest BCUT2D eigenvalue weighted by Crippen LogP contribution is -2.33. The van der Waals surface area contributed by atoms with Crippen LogP contribution in [0.3, 0.4) is 0 Å². The Balaban J connectivity index is 1.76. The molecule has 0 aliphatic carbocycles. The molecule has 0 fully saturated rings. The molecule has 6 heteroatoms. The van der Waals surface area contributed by atoms with Gasteiger partial charge >= 0.3 is 0 Å². The Kier molecular flexibility index (Phi) is 6.92. The monoisotopic (exact) mass is 372 g/mol. The van der Waals surface area contributed by atoms with Gasteiger partial charge in [0.2, 0.25) is 11.8 Å². The van der Waals surface area contributed by atoms with Crippen LogP contribution in [0.15, 0.2) is 42.5 Å². The van der Waals surface area contributed by atoms with Crippen molar-refractivity contribution in [1.29, 1.82) is 0 Å². The minimum Gasteiger partial charge on any atom is -0.347 e. The van der Waals surface area contributed by atoms with E-state index >= 15 is 0 Å². The summed E-state index contributed by atoms with van der Waals surface area (Å²) in [5.41, 5.74) is 3.13. The van der Waals surface area contributed by atoms with Gasteiger partial charge in [-0.3, -0.25) is 14.4 Å². The first-order valence-corrected chi connectivity index (χ1v) is 8.65. The van der Waals surface area contributed by atoms with E-state index < -0.39 is 0 Å². The fraction of sp³-hybridized carbons (Fsp3) is 0.250. The molecule has 0 saturated carbocycles. The first-order chi connectivity index (χ1) is 12.3. The van der Waals surface area contributed by atoms with E-state index in [2.05, 4.69) is 10.6 Å². The number of carbonyl (C=O) groups excluding carboxylic acids is 3. The van der Waals surface area contributed by atoms with Gasteiger partial charge in [-0.25, -0.2) is 0 Å². The molecule has 0 aliphatic heterocycles. The third-order valence-corrected chi connectivity index (χ3v) is 4.10. The standard InChI is InChI=1S/C20H21ClN2O3/c1-13-3-4-14(2)17(11-13)18(24)9-10-19(25)22-12-20(26)23-16-7-5-15(21)6-8-16/h3-8,11H,9-10,12H2,1-2H3,(H,22,25)(H,23,26). The van der Waals surface area contributed by atoms with Crippen LogP contribution in [-0.2, 0) is 9.59 Å². The van der Waals surface area contributed by atoms with Crippen LogP contribution >= 0.6 is 11.6 Å². The minimum absolute atomic E-state index is 0.0421. The van der Waals surface area contributed by atoms with E-state index in [0.29, 0.717) is 16.3 Å². The number of aryl methyl sites for hydroxylation is 2. The summed E-state index contributed by atoms with van der Waals surface area (Å²) in [6, 6.07) is 12.3. The molecule has 0 aromatic heterocycles. The van der Waals surface area contributed by atoms with Gasteiger partial charge in [0.25, 0.3) is 0 Å². The van der Waals surface area contributed by atoms with Gasteiger partial charge in [-0.15, -0.1) is 0 Å². The highest BCUT2D eigenvalue weighted by Crippen LogP contribution is 2.14. The van der Waals surface area contributed by atoms with Crippen LogP contribution in [0.2, 0.25) is 5.02 Å². The van der Waals surface area contributed by atoms with Gasteiger partial charge in [0.15, 0.2) is 5.78 Å². The van der Waals surface area contributed by atoms with Crippen molar-refractivity contribution >= 4 is 34.9 Å². The lowest BCUT2D eigenvalue weighted by atomic mass is 9.99. The molecule has 0 bridgehead atoms. The maximum absolute atomic E-state index is 12.3. The molecule has 2 rings (SSSR count). The highest BCUT2D eigenvalue weighted by Gasteiger charge is 2.12. The molecule has 0 saturated heterocycles. The summed E-state index contributed by atoms with van der Waals surface area (Å²) < 4.78 is 0. The van der Waals surface area contributed by atoms with E-state index in [-0.39, 0.29) is 37.0 Å². The lowest BCUT2D eigenvalue weighted by Gasteiger charge is -2.08. The molecule has 136 valence electrons. The molecular formula is C20H21ClN2O3. The van der Waals surface area contributed by atoms with E-state index in [1.807, 2.05) is 32.0 Å². The number of anilines is 1. The van der Waals surface area contributed by atoms with E-state index in [1.165, 1.54) is 0 Å². The number of Topliss-reactive ketones (excluding diaryl/α,β-unsaturated/α-hetero) is 1. The van der Waals surface area contributed by atoms with Gasteiger partial charge in [0.05, 0.1) is 6.54 Å². The highest BCUT2D eigenvalue weighted by atomic mass is 35.5. The Bertz CT molecular complexity index is 816. The Morgan fingerprint density at radius 3 is 2.31 bits per heavy atom. The zero-order valence-electron chi connectivity index (χ0n) is 14.8. The summed E-state index contributed by atoms with van der Waals surface area (Å²) >= 11 is 5.78. The van der Waals surface area contributed by atoms with Gasteiger partial charge in [-0.05, 0) is 49.7 Å². The first-order valence-electron chi connectivity index (χ1n) is 8.27. The molecule has 0 radical (unpaired) electrons. The predicted octanol–water partition coefficient (Wildman–Crippen LogP) is 3.67. The molecule has 2 N–H and O–H groups in total. The molecule has 0 heterocycles. The molecule has 5 nitrogen and oxygen atoms in total. The average molecular weight is 373 g/mol. The van der Waals surface area contributed by atoms with E-state index in [1.54, 1.807) is 24.3 Å². The largest absolute Gasteiger partial charge is 0.347 e. The van der Waals surface area contributed by atoms with Crippen molar-refractivity contribution in [1.82, 2.24) is 5.32 Å². The summed E-state index contributed by atoms with van der Waals surface area (Å²) in [5.74, 6) is -0.761. The summed E-state index contributed by atoms with van der Waals surface area (Å²) in [5, 5.41) is 5.74. The second kappa shape index (κ2) is 9.15. The second-order valence-electron chi connectivity index (χ2n) is 6.07. The average Bonchev–Trinajstić information content (AvgIpc) is 2.62. The highest BCUT2D eigenvalue weighted by molar-refractivity contribution is 6.30. The Morgan fingerprint density at radius 2 is 1.62 bits per heavy atom. The number of hydrogen-bond donors (Lipinski definition) is 2. The normalized spacial score (nSPS) is 10.3. The quantitative estimate of drug-likeness (QED) is 0.728. The number of benzene rings is 2. The summed E-state index contributed by atoms with van der Waals surface area (Å²) in [7, 11) is 0. The van der Waals surface area contributed by atoms with E-state index in [0.717, 1.165) is 11.1 Å². The Morgan fingerprint density at radius 1 is 0.923 bits per heavy atom. The molecule has 0 atom stereocenters.